The first-order valence-corrected chi connectivity index (χ1v) is 7.20. The molecule has 1 aromatic carbocycles. The Hall–Kier alpha value is -1.55. The number of anilines is 1. The zero-order chi connectivity index (χ0) is 13.0. The van der Waals surface area contributed by atoms with Crippen LogP contribution in [0.1, 0.15) is 30.9 Å². The maximum absolute atomic E-state index is 6.15. The number of rotatable bonds is 2. The minimum Gasteiger partial charge on any atom is -0.369 e. The van der Waals surface area contributed by atoms with Crippen molar-refractivity contribution >= 4 is 17.0 Å². The van der Waals surface area contributed by atoms with Gasteiger partial charge in [0.25, 0.3) is 0 Å². The van der Waals surface area contributed by atoms with Crippen LogP contribution in [0.25, 0.3) is 11.0 Å². The molecular formula is C15H20N4. The minimum absolute atomic E-state index is 0.493. The van der Waals surface area contributed by atoms with Crippen LogP contribution >= 0.6 is 0 Å². The van der Waals surface area contributed by atoms with E-state index in [0.717, 1.165) is 18.1 Å². The Morgan fingerprint density at radius 3 is 2.84 bits per heavy atom. The molecule has 0 bridgehead atoms. The van der Waals surface area contributed by atoms with Gasteiger partial charge >= 0.3 is 0 Å². The van der Waals surface area contributed by atoms with Gasteiger partial charge in [0.05, 0.1) is 17.1 Å². The summed E-state index contributed by atoms with van der Waals surface area (Å²) in [7, 11) is 0. The molecule has 19 heavy (non-hydrogen) atoms. The predicted molar refractivity (Wildman–Crippen MR) is 77.1 cm³/mol. The van der Waals surface area contributed by atoms with E-state index in [-0.39, 0.29) is 0 Å². The van der Waals surface area contributed by atoms with Gasteiger partial charge in [0.1, 0.15) is 0 Å². The van der Waals surface area contributed by atoms with Gasteiger partial charge < -0.3 is 10.3 Å². The molecule has 2 heterocycles. The second-order valence-electron chi connectivity index (χ2n) is 6.00. The Morgan fingerprint density at radius 1 is 1.21 bits per heavy atom. The molecule has 2 fully saturated rings. The highest BCUT2D eigenvalue weighted by Gasteiger charge is 2.35. The van der Waals surface area contributed by atoms with Crippen molar-refractivity contribution in [2.45, 2.75) is 38.3 Å². The maximum Gasteiger partial charge on any atom is 0.201 e. The van der Waals surface area contributed by atoms with E-state index < -0.39 is 0 Å². The lowest BCUT2D eigenvalue weighted by atomic mass is 10.2. The van der Waals surface area contributed by atoms with E-state index in [1.807, 2.05) is 0 Å². The van der Waals surface area contributed by atoms with E-state index in [9.17, 15) is 0 Å². The highest BCUT2D eigenvalue weighted by atomic mass is 15.3. The van der Waals surface area contributed by atoms with Gasteiger partial charge in [-0.15, -0.1) is 0 Å². The lowest BCUT2D eigenvalue weighted by molar-refractivity contribution is 0.315. The van der Waals surface area contributed by atoms with Crippen molar-refractivity contribution in [1.82, 2.24) is 14.5 Å². The molecule has 1 aliphatic heterocycles. The molecule has 0 spiro atoms. The van der Waals surface area contributed by atoms with Crippen molar-refractivity contribution in [3.05, 3.63) is 23.8 Å². The van der Waals surface area contributed by atoms with E-state index in [0.29, 0.717) is 12.0 Å². The van der Waals surface area contributed by atoms with E-state index in [1.54, 1.807) is 0 Å². The molecule has 1 aliphatic carbocycles. The summed E-state index contributed by atoms with van der Waals surface area (Å²) in [5.74, 6) is 0.670. The highest BCUT2D eigenvalue weighted by Crippen LogP contribution is 2.35. The first-order chi connectivity index (χ1) is 9.22. The van der Waals surface area contributed by atoms with Crippen LogP contribution in [0.3, 0.4) is 0 Å². The maximum atomic E-state index is 6.15. The number of nitrogens with two attached hydrogens (primary N) is 1. The lowest BCUT2D eigenvalue weighted by Crippen LogP contribution is -2.24. The van der Waals surface area contributed by atoms with Crippen LogP contribution in [-0.4, -0.2) is 33.6 Å². The Balaban J connectivity index is 1.73. The smallest absolute Gasteiger partial charge is 0.201 e. The first-order valence-electron chi connectivity index (χ1n) is 7.20. The Kier molecular flexibility index (Phi) is 2.36. The van der Waals surface area contributed by atoms with E-state index in [4.69, 9.17) is 5.73 Å². The average Bonchev–Trinajstić information content (AvgIpc) is 3.03. The van der Waals surface area contributed by atoms with E-state index >= 15 is 0 Å². The molecule has 4 rings (SSSR count). The molecule has 0 amide bonds. The van der Waals surface area contributed by atoms with Crippen LogP contribution in [0, 0.1) is 6.92 Å². The van der Waals surface area contributed by atoms with Gasteiger partial charge in [0.15, 0.2) is 0 Å². The van der Waals surface area contributed by atoms with Gasteiger partial charge in [-0.2, -0.15) is 0 Å². The monoisotopic (exact) mass is 256 g/mol. The summed E-state index contributed by atoms with van der Waals surface area (Å²) in [6.07, 6.45) is 3.96. The number of hydrogen-bond donors (Lipinski definition) is 1. The second-order valence-corrected chi connectivity index (χ2v) is 6.00. The number of likely N-dealkylation sites (tertiary alicyclic amines) is 1. The van der Waals surface area contributed by atoms with Crippen LogP contribution in [-0.2, 0) is 0 Å². The van der Waals surface area contributed by atoms with Crippen LogP contribution in [0.2, 0.25) is 0 Å². The van der Waals surface area contributed by atoms with E-state index in [2.05, 4.69) is 39.6 Å². The van der Waals surface area contributed by atoms with Gasteiger partial charge in [-0.05, 0) is 43.9 Å². The molecule has 0 radical (unpaired) electrons. The lowest BCUT2D eigenvalue weighted by Gasteiger charge is -2.17. The summed E-state index contributed by atoms with van der Waals surface area (Å²) in [6.45, 7) is 4.46. The van der Waals surface area contributed by atoms with Gasteiger partial charge in [-0.3, -0.25) is 4.90 Å². The number of fused-ring (bicyclic) bond motifs is 1. The highest BCUT2D eigenvalue weighted by molar-refractivity contribution is 5.79. The number of hydrogen-bond acceptors (Lipinski definition) is 3. The number of benzene rings is 1. The average molecular weight is 256 g/mol. The van der Waals surface area contributed by atoms with Crippen molar-refractivity contribution in [1.29, 1.82) is 0 Å². The normalized spacial score (nSPS) is 24.4. The van der Waals surface area contributed by atoms with Crippen LogP contribution in [0.15, 0.2) is 18.2 Å². The Bertz CT molecular complexity index is 626. The fraction of sp³-hybridized carbons (Fsp3) is 0.533. The number of imidazole rings is 1. The second kappa shape index (κ2) is 3.97. The fourth-order valence-corrected chi connectivity index (χ4v) is 3.36. The third-order valence-corrected chi connectivity index (χ3v) is 4.50. The molecule has 1 saturated carbocycles. The number of nitrogen functional groups attached to an aromatic ring is 1. The van der Waals surface area contributed by atoms with E-state index in [1.165, 1.54) is 36.9 Å². The van der Waals surface area contributed by atoms with Crippen LogP contribution < -0.4 is 5.73 Å². The first kappa shape index (κ1) is 11.3. The van der Waals surface area contributed by atoms with Crippen LogP contribution in [0.5, 0.6) is 0 Å². The number of aromatic nitrogens is 2. The zero-order valence-corrected chi connectivity index (χ0v) is 11.3. The minimum atomic E-state index is 0.493. The number of aryl methyl sites for hydroxylation is 1. The number of nitrogens with zero attached hydrogens (tertiary/aromatic N) is 3. The quantitative estimate of drug-likeness (QED) is 0.897. The summed E-state index contributed by atoms with van der Waals surface area (Å²) in [5, 5.41) is 0. The van der Waals surface area contributed by atoms with Crippen LogP contribution in [0.4, 0.5) is 5.95 Å². The van der Waals surface area contributed by atoms with Crippen molar-refractivity contribution in [3.8, 4) is 0 Å². The molecule has 2 aliphatic rings. The standard InChI is InChI=1S/C15H20N4/c1-10-2-5-13-14(8-10)19(15(16)17-13)12-6-7-18(9-12)11-3-4-11/h2,5,8,11-12H,3-4,6-7,9H2,1H3,(H2,16,17). The summed E-state index contributed by atoms with van der Waals surface area (Å²) in [6, 6.07) is 7.73. The predicted octanol–water partition coefficient (Wildman–Crippen LogP) is 2.34. The van der Waals surface area contributed by atoms with Crippen molar-refractivity contribution < 1.29 is 0 Å². The summed E-state index contributed by atoms with van der Waals surface area (Å²) in [4.78, 5) is 7.12. The van der Waals surface area contributed by atoms with Gasteiger partial charge in [-0.1, -0.05) is 6.07 Å². The summed E-state index contributed by atoms with van der Waals surface area (Å²) < 4.78 is 2.25. The fourth-order valence-electron chi connectivity index (χ4n) is 3.36. The SMILES string of the molecule is Cc1ccc2nc(N)n(C3CCN(C4CC4)C3)c2c1. The zero-order valence-electron chi connectivity index (χ0n) is 11.3. The Labute approximate surface area is 113 Å². The molecule has 4 heteroatoms. The molecule has 1 atom stereocenters. The largest absolute Gasteiger partial charge is 0.369 e. The van der Waals surface area contributed by atoms with Crippen molar-refractivity contribution in [2.24, 2.45) is 0 Å². The molecule has 1 saturated heterocycles. The topological polar surface area (TPSA) is 47.1 Å². The molecule has 4 nitrogen and oxygen atoms in total. The molecule has 1 aromatic heterocycles. The molecule has 2 N–H and O–H groups in total. The van der Waals surface area contributed by atoms with Gasteiger partial charge in [-0.25, -0.2) is 4.98 Å². The molecule has 1 unspecified atom stereocenters. The Morgan fingerprint density at radius 2 is 2.05 bits per heavy atom. The summed E-state index contributed by atoms with van der Waals surface area (Å²) >= 11 is 0. The summed E-state index contributed by atoms with van der Waals surface area (Å²) in [5.41, 5.74) is 9.64. The van der Waals surface area contributed by atoms with Gasteiger partial charge in [0.2, 0.25) is 5.95 Å². The van der Waals surface area contributed by atoms with Crippen molar-refractivity contribution in [2.75, 3.05) is 18.8 Å². The van der Waals surface area contributed by atoms with Gasteiger partial charge in [0, 0.05) is 19.1 Å². The third kappa shape index (κ3) is 1.82. The van der Waals surface area contributed by atoms with Crippen molar-refractivity contribution in [3.63, 3.8) is 0 Å². The third-order valence-electron chi connectivity index (χ3n) is 4.50. The molecule has 2 aromatic rings. The molecule has 100 valence electrons. The molecular weight excluding hydrogens is 236 g/mol.